The maximum atomic E-state index is 5.89. The highest BCUT2D eigenvalue weighted by Gasteiger charge is 2.18. The number of hydrogen-bond acceptors (Lipinski definition) is 4. The molecule has 1 aromatic heterocycles. The van der Waals surface area contributed by atoms with Crippen molar-refractivity contribution in [1.29, 1.82) is 0 Å². The highest BCUT2D eigenvalue weighted by Crippen LogP contribution is 2.24. The molecule has 1 aliphatic rings. The van der Waals surface area contributed by atoms with E-state index in [1.54, 1.807) is 11.8 Å². The number of thioether (sulfide) groups is 1. The molecule has 0 spiro atoms. The molecule has 0 unspecified atom stereocenters. The molecule has 0 bridgehead atoms. The third-order valence-electron chi connectivity index (χ3n) is 2.73. The van der Waals surface area contributed by atoms with Gasteiger partial charge in [0.1, 0.15) is 0 Å². The molecule has 7 heteroatoms. The zero-order valence-electron chi connectivity index (χ0n) is 10.2. The molecular formula is C12H12BrClN4S. The predicted molar refractivity (Wildman–Crippen MR) is 83.8 cm³/mol. The van der Waals surface area contributed by atoms with Crippen molar-refractivity contribution in [3.05, 3.63) is 40.7 Å². The van der Waals surface area contributed by atoms with Crippen LogP contribution in [-0.2, 0) is 6.42 Å². The predicted octanol–water partition coefficient (Wildman–Crippen LogP) is 3.43. The minimum Gasteiger partial charge on any atom is -0.191 e. The van der Waals surface area contributed by atoms with Gasteiger partial charge in [-0.05, 0) is 17.7 Å². The van der Waals surface area contributed by atoms with Crippen LogP contribution >= 0.6 is 40.3 Å². The summed E-state index contributed by atoms with van der Waals surface area (Å²) in [6, 6.07) is 7.74. The molecule has 19 heavy (non-hydrogen) atoms. The fraction of sp³-hybridized carbons (Fsp3) is 0.250. The summed E-state index contributed by atoms with van der Waals surface area (Å²) >= 11 is 7.55. The first-order valence-corrected chi connectivity index (χ1v) is 7.05. The van der Waals surface area contributed by atoms with Crippen molar-refractivity contribution in [3.8, 4) is 0 Å². The maximum absolute atomic E-state index is 5.89. The molecule has 0 amide bonds. The zero-order chi connectivity index (χ0) is 12.5. The van der Waals surface area contributed by atoms with E-state index in [1.165, 1.54) is 0 Å². The van der Waals surface area contributed by atoms with Crippen LogP contribution in [0.5, 0.6) is 0 Å². The van der Waals surface area contributed by atoms with Crippen LogP contribution in [0.25, 0.3) is 0 Å². The van der Waals surface area contributed by atoms with Crippen molar-refractivity contribution in [2.24, 2.45) is 5.10 Å². The fourth-order valence-electron chi connectivity index (χ4n) is 1.77. The molecular weight excluding hydrogens is 348 g/mol. The van der Waals surface area contributed by atoms with Gasteiger partial charge in [0.25, 0.3) is 0 Å². The van der Waals surface area contributed by atoms with Gasteiger partial charge >= 0.3 is 0 Å². The normalized spacial score (nSPS) is 13.5. The summed E-state index contributed by atoms with van der Waals surface area (Å²) < 4.78 is 1.83. The largest absolute Gasteiger partial charge is 0.212 e. The third kappa shape index (κ3) is 2.85. The van der Waals surface area contributed by atoms with E-state index in [2.05, 4.69) is 15.3 Å². The third-order valence-corrected chi connectivity index (χ3v) is 3.91. The lowest BCUT2D eigenvalue weighted by Crippen LogP contribution is -2.14. The van der Waals surface area contributed by atoms with Crippen LogP contribution in [0.4, 0.5) is 0 Å². The maximum Gasteiger partial charge on any atom is 0.212 e. The molecule has 2 aromatic rings. The topological polar surface area (TPSA) is 43.1 Å². The van der Waals surface area contributed by atoms with Gasteiger partial charge in [0.05, 0.1) is 5.71 Å². The summed E-state index contributed by atoms with van der Waals surface area (Å²) in [7, 11) is 0. The molecule has 3 rings (SSSR count). The number of aromatic nitrogens is 3. The number of aryl methyl sites for hydroxylation is 1. The molecule has 0 atom stereocenters. The van der Waals surface area contributed by atoms with Crippen molar-refractivity contribution in [3.63, 3.8) is 0 Å². The van der Waals surface area contributed by atoms with Crippen LogP contribution in [0.1, 0.15) is 18.3 Å². The summed E-state index contributed by atoms with van der Waals surface area (Å²) in [6.07, 6.45) is 0.824. The van der Waals surface area contributed by atoms with Crippen molar-refractivity contribution in [2.75, 3.05) is 5.75 Å². The lowest BCUT2D eigenvalue weighted by atomic mass is 10.1. The minimum absolute atomic E-state index is 0. The van der Waals surface area contributed by atoms with Gasteiger partial charge in [-0.25, -0.2) is 0 Å². The van der Waals surface area contributed by atoms with E-state index in [1.807, 2.05) is 35.9 Å². The van der Waals surface area contributed by atoms with Gasteiger partial charge in [0.2, 0.25) is 5.16 Å². The number of hydrogen-bond donors (Lipinski definition) is 0. The summed E-state index contributed by atoms with van der Waals surface area (Å²) in [5, 5.41) is 14.5. The van der Waals surface area contributed by atoms with Gasteiger partial charge in [0, 0.05) is 17.2 Å². The second-order valence-electron chi connectivity index (χ2n) is 3.91. The molecule has 4 nitrogen and oxygen atoms in total. The molecule has 0 N–H and O–H groups in total. The first-order chi connectivity index (χ1) is 8.78. The molecule has 1 aliphatic heterocycles. The summed E-state index contributed by atoms with van der Waals surface area (Å²) in [5.41, 5.74) is 2.12. The van der Waals surface area contributed by atoms with Crippen molar-refractivity contribution < 1.29 is 0 Å². The number of nitrogens with zero attached hydrogens (tertiary/aromatic N) is 4. The highest BCUT2D eigenvalue weighted by atomic mass is 79.9. The van der Waals surface area contributed by atoms with Crippen LogP contribution in [0.15, 0.2) is 34.5 Å². The molecule has 0 saturated carbocycles. The second-order valence-corrected chi connectivity index (χ2v) is 5.29. The summed E-state index contributed by atoms with van der Waals surface area (Å²) in [6.45, 7) is 2.05. The van der Waals surface area contributed by atoms with E-state index >= 15 is 0 Å². The van der Waals surface area contributed by atoms with E-state index in [0.29, 0.717) is 0 Å². The first-order valence-electron chi connectivity index (χ1n) is 5.69. The average molecular weight is 360 g/mol. The van der Waals surface area contributed by atoms with Crippen LogP contribution in [0.2, 0.25) is 5.02 Å². The van der Waals surface area contributed by atoms with Crippen LogP contribution in [-0.4, -0.2) is 26.3 Å². The Hall–Kier alpha value is -0.850. The Morgan fingerprint density at radius 3 is 2.68 bits per heavy atom. The van der Waals surface area contributed by atoms with Gasteiger partial charge in [-0.2, -0.15) is 9.78 Å². The monoisotopic (exact) mass is 358 g/mol. The molecule has 1 aromatic carbocycles. The lowest BCUT2D eigenvalue weighted by molar-refractivity contribution is 0.714. The minimum atomic E-state index is 0. The Labute approximate surface area is 131 Å². The zero-order valence-corrected chi connectivity index (χ0v) is 13.5. The van der Waals surface area contributed by atoms with Crippen molar-refractivity contribution in [2.45, 2.75) is 18.5 Å². The average Bonchev–Trinajstić information content (AvgIpc) is 2.81. The second kappa shape index (κ2) is 6.07. The van der Waals surface area contributed by atoms with Gasteiger partial charge < -0.3 is 0 Å². The number of benzene rings is 1. The van der Waals surface area contributed by atoms with Crippen LogP contribution < -0.4 is 0 Å². The Kier molecular flexibility index (Phi) is 4.65. The Morgan fingerprint density at radius 1 is 1.26 bits per heavy atom. The van der Waals surface area contributed by atoms with E-state index in [-0.39, 0.29) is 17.0 Å². The molecule has 0 saturated heterocycles. The first kappa shape index (κ1) is 14.6. The smallest absolute Gasteiger partial charge is 0.191 e. The lowest BCUT2D eigenvalue weighted by Gasteiger charge is -2.13. The van der Waals surface area contributed by atoms with E-state index in [0.717, 1.165) is 39.5 Å². The van der Waals surface area contributed by atoms with Gasteiger partial charge in [-0.15, -0.1) is 27.2 Å². The molecule has 0 radical (unpaired) electrons. The van der Waals surface area contributed by atoms with Crippen LogP contribution in [0, 0.1) is 0 Å². The van der Waals surface area contributed by atoms with Crippen LogP contribution in [0.3, 0.4) is 0 Å². The quantitative estimate of drug-likeness (QED) is 0.825. The van der Waals surface area contributed by atoms with E-state index in [4.69, 9.17) is 11.6 Å². The van der Waals surface area contributed by atoms with Gasteiger partial charge in [0.15, 0.2) is 5.82 Å². The van der Waals surface area contributed by atoms with Crippen molar-refractivity contribution >= 4 is 46.1 Å². The standard InChI is InChI=1S/C12H11ClN4S.BrH/c1-2-11-14-15-12-17(11)16-10(7-18-12)8-3-5-9(13)6-4-8;/h3-6H,2,7H2,1H3;1H. The van der Waals surface area contributed by atoms with E-state index < -0.39 is 0 Å². The van der Waals surface area contributed by atoms with Crippen molar-refractivity contribution in [1.82, 2.24) is 14.9 Å². The van der Waals surface area contributed by atoms with Gasteiger partial charge in [-0.1, -0.05) is 42.4 Å². The Balaban J connectivity index is 0.00000133. The van der Waals surface area contributed by atoms with Gasteiger partial charge in [-0.3, -0.25) is 0 Å². The molecule has 0 aliphatic carbocycles. The Morgan fingerprint density at radius 2 is 2.00 bits per heavy atom. The fourth-order valence-corrected chi connectivity index (χ4v) is 2.76. The number of rotatable bonds is 2. The molecule has 100 valence electrons. The summed E-state index contributed by atoms with van der Waals surface area (Å²) in [5.74, 6) is 1.70. The molecule has 0 fully saturated rings. The highest BCUT2D eigenvalue weighted by molar-refractivity contribution is 8.93. The SMILES string of the molecule is Br.CCc1nnc2n1N=C(c1ccc(Cl)cc1)CS2. The summed E-state index contributed by atoms with van der Waals surface area (Å²) in [4.78, 5) is 0. The number of fused-ring (bicyclic) bond motifs is 1. The molecule has 2 heterocycles. The Bertz CT molecular complexity index is 609. The van der Waals surface area contributed by atoms with E-state index in [9.17, 15) is 0 Å². The number of halogens is 2.